The van der Waals surface area contributed by atoms with Gasteiger partial charge in [-0.1, -0.05) is 0 Å². The lowest BCUT2D eigenvalue weighted by Crippen LogP contribution is -2.42. The zero-order chi connectivity index (χ0) is 14.9. The van der Waals surface area contributed by atoms with Crippen LogP contribution in [-0.2, 0) is 14.4 Å². The number of aliphatic hydroxyl groups excluding tert-OH is 1. The topological polar surface area (TPSA) is 178 Å². The minimum Gasteiger partial charge on any atom is -0.481 e. The molecule has 0 amide bonds. The molecule has 0 fully saturated rings. The van der Waals surface area contributed by atoms with E-state index in [1.807, 2.05) is 0 Å². The summed E-state index contributed by atoms with van der Waals surface area (Å²) in [4.78, 5) is 30.5. The number of aliphatic carboxylic acids is 3. The number of nitrogens with two attached hydrogens (primary N) is 1. The van der Waals surface area contributed by atoms with Crippen LogP contribution >= 0.6 is 0 Å². The molecule has 0 aliphatic carbocycles. The quantitative estimate of drug-likeness (QED) is 0.319. The lowest BCUT2D eigenvalue weighted by Gasteiger charge is -2.18. The molecular formula is C9H17NO8. The van der Waals surface area contributed by atoms with E-state index in [0.717, 1.165) is 0 Å². The third-order valence-corrected chi connectivity index (χ3v) is 1.63. The molecule has 0 aliphatic rings. The van der Waals surface area contributed by atoms with E-state index in [2.05, 4.69) is 0 Å². The minimum absolute atomic E-state index is 0.338. The van der Waals surface area contributed by atoms with Crippen LogP contribution in [0.1, 0.15) is 19.8 Å². The zero-order valence-corrected chi connectivity index (χ0v) is 9.74. The Hall–Kier alpha value is -1.71. The first-order valence-corrected chi connectivity index (χ1v) is 4.82. The molecule has 0 bridgehead atoms. The van der Waals surface area contributed by atoms with Crippen molar-refractivity contribution in [3.8, 4) is 0 Å². The molecule has 7 N–H and O–H groups in total. The smallest absolute Gasteiger partial charge is 0.336 e. The maximum absolute atomic E-state index is 10.3. The van der Waals surface area contributed by atoms with E-state index >= 15 is 0 Å². The SMILES string of the molecule is CC(O)CN.O=C(O)CC(O)(CC(=O)O)C(=O)O. The predicted molar refractivity (Wildman–Crippen MR) is 57.8 cm³/mol. The molecule has 0 aromatic carbocycles. The molecule has 0 aromatic rings. The molecule has 18 heavy (non-hydrogen) atoms. The van der Waals surface area contributed by atoms with Crippen molar-refractivity contribution in [2.45, 2.75) is 31.5 Å². The van der Waals surface area contributed by atoms with Crippen molar-refractivity contribution in [3.05, 3.63) is 0 Å². The number of rotatable bonds is 6. The van der Waals surface area contributed by atoms with Crippen LogP contribution in [0.3, 0.4) is 0 Å². The number of carboxylic acids is 3. The molecule has 0 aliphatic heterocycles. The van der Waals surface area contributed by atoms with Gasteiger partial charge in [-0.25, -0.2) is 4.79 Å². The summed E-state index contributed by atoms with van der Waals surface area (Å²) in [5, 5.41) is 42.0. The van der Waals surface area contributed by atoms with Crippen LogP contribution in [0.25, 0.3) is 0 Å². The van der Waals surface area contributed by atoms with E-state index in [9.17, 15) is 14.4 Å². The molecule has 0 heterocycles. The fraction of sp³-hybridized carbons (Fsp3) is 0.667. The third-order valence-electron chi connectivity index (χ3n) is 1.63. The van der Waals surface area contributed by atoms with Crippen molar-refractivity contribution in [1.29, 1.82) is 0 Å². The second kappa shape index (κ2) is 8.39. The normalized spacial score (nSPS) is 12.0. The second-order valence-electron chi connectivity index (χ2n) is 3.56. The molecule has 0 spiro atoms. The lowest BCUT2D eigenvalue weighted by molar-refractivity contribution is -0.170. The van der Waals surface area contributed by atoms with Crippen molar-refractivity contribution < 1.29 is 39.9 Å². The number of carboxylic acid groups (broad SMARTS) is 3. The number of hydrogen-bond donors (Lipinski definition) is 6. The maximum Gasteiger partial charge on any atom is 0.336 e. The molecule has 0 saturated carbocycles. The highest BCUT2D eigenvalue weighted by atomic mass is 16.4. The average molecular weight is 267 g/mol. The van der Waals surface area contributed by atoms with Gasteiger partial charge in [0.15, 0.2) is 5.60 Å². The van der Waals surface area contributed by atoms with Gasteiger partial charge in [0, 0.05) is 6.54 Å². The van der Waals surface area contributed by atoms with Gasteiger partial charge >= 0.3 is 17.9 Å². The molecule has 0 rings (SSSR count). The average Bonchev–Trinajstić information content (AvgIpc) is 2.15. The van der Waals surface area contributed by atoms with Gasteiger partial charge < -0.3 is 31.3 Å². The van der Waals surface area contributed by atoms with Crippen molar-refractivity contribution in [1.82, 2.24) is 0 Å². The van der Waals surface area contributed by atoms with Gasteiger partial charge in [0.1, 0.15) is 0 Å². The third kappa shape index (κ3) is 9.51. The van der Waals surface area contributed by atoms with Crippen LogP contribution in [0.2, 0.25) is 0 Å². The fourth-order valence-electron chi connectivity index (χ4n) is 0.714. The highest BCUT2D eigenvalue weighted by Crippen LogP contribution is 2.15. The lowest BCUT2D eigenvalue weighted by atomic mass is 9.96. The zero-order valence-electron chi connectivity index (χ0n) is 9.74. The maximum atomic E-state index is 10.3. The molecule has 9 heteroatoms. The second-order valence-corrected chi connectivity index (χ2v) is 3.56. The molecule has 9 nitrogen and oxygen atoms in total. The van der Waals surface area contributed by atoms with Crippen LogP contribution in [-0.4, -0.2) is 61.7 Å². The summed E-state index contributed by atoms with van der Waals surface area (Å²) in [6, 6.07) is 0. The summed E-state index contributed by atoms with van der Waals surface area (Å²) in [5.74, 6) is -5.02. The molecular weight excluding hydrogens is 250 g/mol. The molecule has 1 atom stereocenters. The van der Waals surface area contributed by atoms with E-state index in [1.165, 1.54) is 0 Å². The Morgan fingerprint density at radius 3 is 1.50 bits per heavy atom. The molecule has 0 saturated heterocycles. The largest absolute Gasteiger partial charge is 0.481 e. The standard InChI is InChI=1S/C6H8O7.C3H9NO/c7-3(8)1-6(13,5(11)12)2-4(9)10;1-3(5)2-4/h13H,1-2H2,(H,7,8)(H,9,10)(H,11,12);3,5H,2,4H2,1H3. The Kier molecular flexibility index (Phi) is 8.69. The van der Waals surface area contributed by atoms with E-state index in [0.29, 0.717) is 6.54 Å². The predicted octanol–water partition coefficient (Wildman–Crippen LogP) is -1.92. The Bertz CT molecular complexity index is 285. The van der Waals surface area contributed by atoms with Crippen LogP contribution in [0.5, 0.6) is 0 Å². The Labute approximate surface area is 102 Å². The van der Waals surface area contributed by atoms with Crippen molar-refractivity contribution in [3.63, 3.8) is 0 Å². The first kappa shape index (κ1) is 18.6. The van der Waals surface area contributed by atoms with Crippen LogP contribution < -0.4 is 5.73 Å². The summed E-state index contributed by atoms with van der Waals surface area (Å²) in [7, 11) is 0. The Morgan fingerprint density at radius 2 is 1.39 bits per heavy atom. The van der Waals surface area contributed by atoms with Crippen LogP contribution in [0.4, 0.5) is 0 Å². The Balaban J connectivity index is 0. The van der Waals surface area contributed by atoms with E-state index in [4.69, 9.17) is 31.3 Å². The van der Waals surface area contributed by atoms with Crippen molar-refractivity contribution in [2.75, 3.05) is 6.54 Å². The minimum atomic E-state index is -2.74. The van der Waals surface area contributed by atoms with Crippen LogP contribution in [0, 0.1) is 0 Å². The van der Waals surface area contributed by atoms with E-state index in [1.54, 1.807) is 6.92 Å². The van der Waals surface area contributed by atoms with Gasteiger partial charge in [-0.3, -0.25) is 9.59 Å². The highest BCUT2D eigenvalue weighted by Gasteiger charge is 2.40. The van der Waals surface area contributed by atoms with Gasteiger partial charge in [-0.15, -0.1) is 0 Å². The van der Waals surface area contributed by atoms with Gasteiger partial charge in [-0.05, 0) is 6.92 Å². The number of carbonyl (C=O) groups is 3. The van der Waals surface area contributed by atoms with E-state index in [-0.39, 0.29) is 6.10 Å². The summed E-state index contributed by atoms with van der Waals surface area (Å²) in [6.45, 7) is 2.01. The summed E-state index contributed by atoms with van der Waals surface area (Å²) in [5.41, 5.74) is 2.18. The first-order valence-electron chi connectivity index (χ1n) is 4.82. The summed E-state index contributed by atoms with van der Waals surface area (Å²) in [6.07, 6.45) is -2.63. The monoisotopic (exact) mass is 267 g/mol. The van der Waals surface area contributed by atoms with Crippen molar-refractivity contribution >= 4 is 17.9 Å². The molecule has 0 radical (unpaired) electrons. The van der Waals surface area contributed by atoms with Gasteiger partial charge in [0.2, 0.25) is 0 Å². The summed E-state index contributed by atoms with van der Waals surface area (Å²) >= 11 is 0. The van der Waals surface area contributed by atoms with Gasteiger partial charge in [-0.2, -0.15) is 0 Å². The van der Waals surface area contributed by atoms with Crippen molar-refractivity contribution in [2.24, 2.45) is 5.73 Å². The molecule has 1 unspecified atom stereocenters. The molecule has 0 aromatic heterocycles. The first-order chi connectivity index (χ1) is 8.05. The van der Waals surface area contributed by atoms with E-state index < -0.39 is 36.4 Å². The van der Waals surface area contributed by atoms with Crippen LogP contribution in [0.15, 0.2) is 0 Å². The highest BCUT2D eigenvalue weighted by molar-refractivity contribution is 5.88. The number of hydrogen-bond acceptors (Lipinski definition) is 6. The van der Waals surface area contributed by atoms with Gasteiger partial charge in [0.25, 0.3) is 0 Å². The fourth-order valence-corrected chi connectivity index (χ4v) is 0.714. The number of aliphatic hydroxyl groups is 2. The van der Waals surface area contributed by atoms with Gasteiger partial charge in [0.05, 0.1) is 18.9 Å². The molecule has 106 valence electrons. The summed E-state index contributed by atoms with van der Waals surface area (Å²) < 4.78 is 0. The Morgan fingerprint density at radius 1 is 1.11 bits per heavy atom.